The predicted molar refractivity (Wildman–Crippen MR) is 137 cm³/mol. The van der Waals surface area contributed by atoms with Crippen LogP contribution in [-0.2, 0) is 4.79 Å². The SMILES string of the molecule is CC1(C)CC[C@]2(CC(=O)O)CC[C@]3(C)C(=CC[C@@H]4[C@@]5(C)CC[C@H](O)C(C)(C)[C@@H]5CC[C@]43C)[C@H]2C1. The molecule has 34 heavy (non-hydrogen) atoms. The number of carboxylic acids is 1. The zero-order valence-corrected chi connectivity index (χ0v) is 23.0. The molecule has 0 aromatic heterocycles. The van der Waals surface area contributed by atoms with Crippen LogP contribution in [0, 0.1) is 50.2 Å². The molecule has 5 aliphatic carbocycles. The third-order valence-corrected chi connectivity index (χ3v) is 13.3. The van der Waals surface area contributed by atoms with E-state index in [1.165, 1.54) is 12.8 Å². The Bertz CT molecular complexity index is 900. The van der Waals surface area contributed by atoms with Crippen molar-refractivity contribution in [2.75, 3.05) is 0 Å². The van der Waals surface area contributed by atoms with Crippen molar-refractivity contribution in [2.45, 2.75) is 125 Å². The van der Waals surface area contributed by atoms with E-state index in [9.17, 15) is 15.0 Å². The van der Waals surface area contributed by atoms with Crippen LogP contribution >= 0.6 is 0 Å². The quantitative estimate of drug-likeness (QED) is 0.408. The largest absolute Gasteiger partial charge is 0.481 e. The average Bonchev–Trinajstić information content (AvgIpc) is 2.72. The number of aliphatic hydroxyl groups excluding tert-OH is 1. The molecule has 8 atom stereocenters. The molecule has 0 unspecified atom stereocenters. The number of aliphatic carboxylic acids is 1. The average molecular weight is 471 g/mol. The van der Waals surface area contributed by atoms with E-state index >= 15 is 0 Å². The first kappa shape index (κ1) is 24.8. The molecule has 3 heteroatoms. The van der Waals surface area contributed by atoms with Gasteiger partial charge in [-0.05, 0) is 114 Å². The fourth-order valence-electron chi connectivity index (χ4n) is 11.0. The lowest BCUT2D eigenvalue weighted by Gasteiger charge is -2.71. The van der Waals surface area contributed by atoms with Gasteiger partial charge in [0.1, 0.15) is 0 Å². The first-order valence-corrected chi connectivity index (χ1v) is 14.2. The molecule has 2 N–H and O–H groups in total. The van der Waals surface area contributed by atoms with Crippen LogP contribution in [0.15, 0.2) is 11.6 Å². The Morgan fingerprint density at radius 1 is 0.912 bits per heavy atom. The molecule has 5 rings (SSSR count). The molecule has 0 spiro atoms. The molecule has 0 saturated heterocycles. The van der Waals surface area contributed by atoms with Crippen molar-refractivity contribution >= 4 is 5.97 Å². The highest BCUT2D eigenvalue weighted by molar-refractivity contribution is 5.68. The first-order valence-electron chi connectivity index (χ1n) is 14.2. The highest BCUT2D eigenvalue weighted by Crippen LogP contribution is 2.76. The van der Waals surface area contributed by atoms with E-state index in [0.717, 1.165) is 51.4 Å². The van der Waals surface area contributed by atoms with Gasteiger partial charge in [-0.1, -0.05) is 60.1 Å². The molecule has 192 valence electrons. The number of carbonyl (C=O) groups is 1. The summed E-state index contributed by atoms with van der Waals surface area (Å²) in [6.07, 6.45) is 14.0. The lowest BCUT2D eigenvalue weighted by molar-refractivity contribution is -0.204. The molecule has 5 aliphatic rings. The van der Waals surface area contributed by atoms with Crippen molar-refractivity contribution < 1.29 is 15.0 Å². The Morgan fingerprint density at radius 3 is 2.26 bits per heavy atom. The van der Waals surface area contributed by atoms with Gasteiger partial charge in [0, 0.05) is 0 Å². The Morgan fingerprint density at radius 2 is 1.59 bits per heavy atom. The Hall–Kier alpha value is -0.830. The molecule has 3 nitrogen and oxygen atoms in total. The third-order valence-electron chi connectivity index (χ3n) is 13.3. The summed E-state index contributed by atoms with van der Waals surface area (Å²) in [7, 11) is 0. The van der Waals surface area contributed by atoms with Gasteiger partial charge in [-0.2, -0.15) is 0 Å². The molecular weight excluding hydrogens is 420 g/mol. The summed E-state index contributed by atoms with van der Waals surface area (Å²) in [5.41, 5.74) is 2.54. The summed E-state index contributed by atoms with van der Waals surface area (Å²) in [6, 6.07) is 0. The number of hydrogen-bond donors (Lipinski definition) is 2. The minimum Gasteiger partial charge on any atom is -0.481 e. The van der Waals surface area contributed by atoms with Gasteiger partial charge in [-0.15, -0.1) is 0 Å². The van der Waals surface area contributed by atoms with Crippen molar-refractivity contribution in [3.05, 3.63) is 11.6 Å². The molecule has 0 aliphatic heterocycles. The first-order chi connectivity index (χ1) is 15.6. The van der Waals surface area contributed by atoms with Crippen molar-refractivity contribution in [3.63, 3.8) is 0 Å². The molecule has 0 heterocycles. The number of allylic oxidation sites excluding steroid dienone is 2. The van der Waals surface area contributed by atoms with Gasteiger partial charge in [0.25, 0.3) is 0 Å². The number of rotatable bonds is 2. The zero-order valence-electron chi connectivity index (χ0n) is 23.0. The summed E-state index contributed by atoms with van der Waals surface area (Å²) < 4.78 is 0. The van der Waals surface area contributed by atoms with Crippen LogP contribution in [0.25, 0.3) is 0 Å². The zero-order chi connectivity index (χ0) is 24.9. The minimum atomic E-state index is -0.607. The van der Waals surface area contributed by atoms with Crippen LogP contribution in [0.5, 0.6) is 0 Å². The number of aliphatic hydroxyl groups is 1. The van der Waals surface area contributed by atoms with Crippen molar-refractivity contribution in [3.8, 4) is 0 Å². The third kappa shape index (κ3) is 3.13. The monoisotopic (exact) mass is 470 g/mol. The smallest absolute Gasteiger partial charge is 0.303 e. The van der Waals surface area contributed by atoms with Crippen molar-refractivity contribution in [1.82, 2.24) is 0 Å². The van der Waals surface area contributed by atoms with E-state index in [4.69, 9.17) is 0 Å². The Labute approximate surface area is 208 Å². The molecule has 0 amide bonds. The lowest BCUT2D eigenvalue weighted by Crippen LogP contribution is -2.64. The fraction of sp³-hybridized carbons (Fsp3) is 0.903. The van der Waals surface area contributed by atoms with Crippen LogP contribution < -0.4 is 0 Å². The summed E-state index contributed by atoms with van der Waals surface area (Å²) >= 11 is 0. The minimum absolute atomic E-state index is 0.0180. The normalized spacial score (nSPS) is 51.2. The van der Waals surface area contributed by atoms with E-state index in [0.29, 0.717) is 24.2 Å². The van der Waals surface area contributed by atoms with E-state index in [2.05, 4.69) is 54.5 Å². The molecular formula is C31H50O3. The number of carboxylic acid groups (broad SMARTS) is 1. The van der Waals surface area contributed by atoms with Gasteiger partial charge in [-0.25, -0.2) is 0 Å². The Kier molecular flexibility index (Phi) is 5.38. The topological polar surface area (TPSA) is 57.5 Å². The van der Waals surface area contributed by atoms with Crippen molar-refractivity contribution in [2.24, 2.45) is 50.2 Å². The standard InChI is InChI=1S/C31H50O3/c1-26(2)14-16-31(19-25(33)34)17-15-29(6)20(21(31)18-26)8-9-23-28(5)12-11-24(32)27(3,4)22(28)10-13-30(23,29)7/h8,21-24,32H,9-19H2,1-7H3,(H,33,34)/t21-,22+,23-,24+,28+,29-,30-,31-/m1/s1. The van der Waals surface area contributed by atoms with Gasteiger partial charge in [-0.3, -0.25) is 4.79 Å². The molecule has 0 bridgehead atoms. The molecule has 0 aromatic carbocycles. The summed E-state index contributed by atoms with van der Waals surface area (Å²) in [5, 5.41) is 20.8. The van der Waals surface area contributed by atoms with Crippen LogP contribution in [0.1, 0.15) is 119 Å². The van der Waals surface area contributed by atoms with Gasteiger partial charge < -0.3 is 10.2 Å². The maximum Gasteiger partial charge on any atom is 0.303 e. The predicted octanol–water partition coefficient (Wildman–Crippen LogP) is 7.62. The van der Waals surface area contributed by atoms with Crippen molar-refractivity contribution in [1.29, 1.82) is 0 Å². The maximum atomic E-state index is 12.1. The second-order valence-corrected chi connectivity index (χ2v) is 15.5. The van der Waals surface area contributed by atoms with Crippen LogP contribution in [0.4, 0.5) is 0 Å². The van der Waals surface area contributed by atoms with Gasteiger partial charge >= 0.3 is 5.97 Å². The highest BCUT2D eigenvalue weighted by atomic mass is 16.4. The number of fused-ring (bicyclic) bond motifs is 7. The lowest BCUT2D eigenvalue weighted by atomic mass is 9.33. The van der Waals surface area contributed by atoms with Crippen LogP contribution in [0.3, 0.4) is 0 Å². The van der Waals surface area contributed by atoms with E-state index in [-0.39, 0.29) is 38.6 Å². The van der Waals surface area contributed by atoms with Crippen LogP contribution in [0.2, 0.25) is 0 Å². The molecule has 0 radical (unpaired) electrons. The molecule has 0 aromatic rings. The van der Waals surface area contributed by atoms with E-state index < -0.39 is 5.97 Å². The van der Waals surface area contributed by atoms with Gasteiger partial charge in [0.15, 0.2) is 0 Å². The van der Waals surface area contributed by atoms with E-state index in [1.54, 1.807) is 5.57 Å². The molecule has 4 fully saturated rings. The second kappa shape index (κ2) is 7.36. The van der Waals surface area contributed by atoms with Crippen LogP contribution in [-0.4, -0.2) is 22.3 Å². The van der Waals surface area contributed by atoms with Gasteiger partial charge in [0.2, 0.25) is 0 Å². The highest BCUT2D eigenvalue weighted by Gasteiger charge is 2.68. The maximum absolute atomic E-state index is 12.1. The van der Waals surface area contributed by atoms with Gasteiger partial charge in [0.05, 0.1) is 12.5 Å². The Balaban J connectivity index is 1.58. The second-order valence-electron chi connectivity index (χ2n) is 15.5. The summed E-state index contributed by atoms with van der Waals surface area (Å²) in [6.45, 7) is 17.2. The molecule has 4 saturated carbocycles. The summed E-state index contributed by atoms with van der Waals surface area (Å²) in [5.74, 6) is 1.02. The number of hydrogen-bond acceptors (Lipinski definition) is 2. The van der Waals surface area contributed by atoms with E-state index in [1.807, 2.05) is 0 Å². The summed E-state index contributed by atoms with van der Waals surface area (Å²) in [4.78, 5) is 12.1. The fourth-order valence-corrected chi connectivity index (χ4v) is 11.0.